The van der Waals surface area contributed by atoms with Crippen LogP contribution in [0, 0.1) is 0 Å². The van der Waals surface area contributed by atoms with E-state index in [1.54, 1.807) is 12.1 Å². The van der Waals surface area contributed by atoms with Gasteiger partial charge in [0.2, 0.25) is 5.91 Å². The van der Waals surface area contributed by atoms with Crippen LogP contribution in [0.15, 0.2) is 24.3 Å². The molecule has 6 heteroatoms. The molecule has 0 unspecified atom stereocenters. The largest absolute Gasteiger partial charge is 0.346 e. The first kappa shape index (κ1) is 15.8. The molecule has 0 bridgehead atoms. The number of hydrogen-bond donors (Lipinski definition) is 1. The number of nitrogens with one attached hydrogen (secondary N) is 1. The Morgan fingerprint density at radius 1 is 1.18 bits per heavy atom. The van der Waals surface area contributed by atoms with Crippen molar-refractivity contribution in [3.63, 3.8) is 0 Å². The Labute approximate surface area is 136 Å². The summed E-state index contributed by atoms with van der Waals surface area (Å²) in [4.78, 5) is 12.2. The summed E-state index contributed by atoms with van der Waals surface area (Å²) in [6.45, 7) is 0. The van der Waals surface area contributed by atoms with Gasteiger partial charge in [-0.15, -0.1) is 0 Å². The van der Waals surface area contributed by atoms with E-state index >= 15 is 0 Å². The van der Waals surface area contributed by atoms with Gasteiger partial charge >= 0.3 is 0 Å². The number of benzene rings is 1. The van der Waals surface area contributed by atoms with Gasteiger partial charge in [0.25, 0.3) is 0 Å². The molecule has 120 valence electrons. The minimum Gasteiger partial charge on any atom is -0.346 e. The number of hydrogen-bond acceptors (Lipinski definition) is 3. The maximum Gasteiger partial charge on any atom is 0.235 e. The molecule has 22 heavy (non-hydrogen) atoms. The van der Waals surface area contributed by atoms with E-state index in [1.165, 1.54) is 0 Å². The number of halogens is 1. The fourth-order valence-electron chi connectivity index (χ4n) is 3.23. The Hall–Kier alpha value is -1.07. The van der Waals surface area contributed by atoms with Gasteiger partial charge in [-0.05, 0) is 43.4 Å². The second-order valence-electron chi connectivity index (χ2n) is 6.35. The standard InChI is InChI=1S/C16H20ClNO3S/c17-13-7-5-12(6-8-13)16(9-10-16)18-15(19)11-22(20,21)14-3-1-2-4-14/h5-8,14H,1-4,9-11H2,(H,18,19). The predicted octanol–water partition coefficient (Wildman–Crippen LogP) is 2.80. The van der Waals surface area contributed by atoms with E-state index in [9.17, 15) is 13.2 Å². The summed E-state index contributed by atoms with van der Waals surface area (Å²) in [5.41, 5.74) is 0.593. The molecule has 0 spiro atoms. The van der Waals surface area contributed by atoms with Crippen LogP contribution in [0.25, 0.3) is 0 Å². The quantitative estimate of drug-likeness (QED) is 0.895. The third-order valence-electron chi connectivity index (χ3n) is 4.67. The Morgan fingerprint density at radius 3 is 2.32 bits per heavy atom. The van der Waals surface area contributed by atoms with E-state index in [4.69, 9.17) is 11.6 Å². The second-order valence-corrected chi connectivity index (χ2v) is 9.07. The van der Waals surface area contributed by atoms with Gasteiger partial charge in [0.15, 0.2) is 9.84 Å². The molecular weight excluding hydrogens is 322 g/mol. The lowest BCUT2D eigenvalue weighted by atomic mass is 10.1. The third-order valence-corrected chi connectivity index (χ3v) is 7.07. The number of amides is 1. The molecule has 1 N–H and O–H groups in total. The number of sulfone groups is 1. The van der Waals surface area contributed by atoms with E-state index in [2.05, 4.69) is 5.32 Å². The molecule has 1 aromatic carbocycles. The second kappa shape index (κ2) is 5.85. The van der Waals surface area contributed by atoms with Crippen molar-refractivity contribution in [1.82, 2.24) is 5.32 Å². The molecule has 0 aromatic heterocycles. The van der Waals surface area contributed by atoms with Gasteiger partial charge in [-0.2, -0.15) is 0 Å². The van der Waals surface area contributed by atoms with Crippen LogP contribution in [0.2, 0.25) is 5.02 Å². The van der Waals surface area contributed by atoms with Crippen LogP contribution in [-0.2, 0) is 20.2 Å². The highest BCUT2D eigenvalue weighted by molar-refractivity contribution is 7.92. The smallest absolute Gasteiger partial charge is 0.235 e. The molecule has 1 aromatic rings. The maximum atomic E-state index is 12.3. The molecule has 0 heterocycles. The van der Waals surface area contributed by atoms with E-state index in [-0.39, 0.29) is 11.2 Å². The van der Waals surface area contributed by atoms with Gasteiger partial charge in [-0.3, -0.25) is 4.79 Å². The number of rotatable bonds is 5. The van der Waals surface area contributed by atoms with Gasteiger partial charge in [-0.25, -0.2) is 8.42 Å². The summed E-state index contributed by atoms with van der Waals surface area (Å²) in [5, 5.41) is 3.24. The number of carbonyl (C=O) groups is 1. The Morgan fingerprint density at radius 2 is 1.77 bits per heavy atom. The molecule has 2 aliphatic rings. The summed E-state index contributed by atoms with van der Waals surface area (Å²) in [7, 11) is -3.33. The van der Waals surface area contributed by atoms with Crippen molar-refractivity contribution in [3.05, 3.63) is 34.9 Å². The highest BCUT2D eigenvalue weighted by Gasteiger charge is 2.46. The van der Waals surface area contributed by atoms with Crippen molar-refractivity contribution >= 4 is 27.3 Å². The molecule has 2 fully saturated rings. The monoisotopic (exact) mass is 341 g/mol. The molecule has 0 aliphatic heterocycles. The fourth-order valence-corrected chi connectivity index (χ4v) is 5.08. The third kappa shape index (κ3) is 3.30. The minimum absolute atomic E-state index is 0.330. The Balaban J connectivity index is 1.65. The highest BCUT2D eigenvalue weighted by atomic mass is 35.5. The molecule has 0 atom stereocenters. The van der Waals surface area contributed by atoms with Crippen molar-refractivity contribution in [3.8, 4) is 0 Å². The molecule has 2 saturated carbocycles. The summed E-state index contributed by atoms with van der Waals surface area (Å²) in [5.74, 6) is -0.785. The summed E-state index contributed by atoms with van der Waals surface area (Å²) >= 11 is 5.88. The Kier molecular flexibility index (Phi) is 4.21. The lowest BCUT2D eigenvalue weighted by Crippen LogP contribution is -2.40. The van der Waals surface area contributed by atoms with Crippen molar-refractivity contribution in [2.45, 2.75) is 49.3 Å². The van der Waals surface area contributed by atoms with Crippen molar-refractivity contribution in [1.29, 1.82) is 0 Å². The normalized spacial score (nSPS) is 20.8. The van der Waals surface area contributed by atoms with Gasteiger partial charge in [0.05, 0.1) is 10.8 Å². The van der Waals surface area contributed by atoms with Gasteiger partial charge in [-0.1, -0.05) is 36.6 Å². The number of carbonyl (C=O) groups excluding carboxylic acids is 1. The maximum absolute atomic E-state index is 12.3. The zero-order chi connectivity index (χ0) is 15.8. The lowest BCUT2D eigenvalue weighted by molar-refractivity contribution is -0.119. The van der Waals surface area contributed by atoms with Crippen molar-refractivity contribution in [2.75, 3.05) is 5.75 Å². The molecule has 0 saturated heterocycles. The lowest BCUT2D eigenvalue weighted by Gasteiger charge is -2.19. The highest BCUT2D eigenvalue weighted by Crippen LogP contribution is 2.45. The fraction of sp³-hybridized carbons (Fsp3) is 0.562. The predicted molar refractivity (Wildman–Crippen MR) is 86.5 cm³/mol. The van der Waals surface area contributed by atoms with Gasteiger partial charge in [0.1, 0.15) is 5.75 Å². The van der Waals surface area contributed by atoms with Crippen LogP contribution in [0.4, 0.5) is 0 Å². The first-order valence-electron chi connectivity index (χ1n) is 7.70. The molecular formula is C16H20ClNO3S. The molecule has 2 aliphatic carbocycles. The summed E-state index contributed by atoms with van der Waals surface area (Å²) in [6, 6.07) is 7.36. The zero-order valence-corrected chi connectivity index (χ0v) is 13.9. The summed E-state index contributed by atoms with van der Waals surface area (Å²) in [6.07, 6.45) is 4.95. The average molecular weight is 342 g/mol. The topological polar surface area (TPSA) is 63.2 Å². The van der Waals surface area contributed by atoms with Crippen LogP contribution >= 0.6 is 11.6 Å². The molecule has 4 nitrogen and oxygen atoms in total. The van der Waals surface area contributed by atoms with Gasteiger partial charge < -0.3 is 5.32 Å². The van der Waals surface area contributed by atoms with Crippen LogP contribution in [0.5, 0.6) is 0 Å². The van der Waals surface area contributed by atoms with Crippen LogP contribution in [0.3, 0.4) is 0 Å². The van der Waals surface area contributed by atoms with Crippen molar-refractivity contribution in [2.24, 2.45) is 0 Å². The average Bonchev–Trinajstić information content (AvgIpc) is 3.02. The zero-order valence-electron chi connectivity index (χ0n) is 12.3. The first-order valence-corrected chi connectivity index (χ1v) is 9.79. The van der Waals surface area contributed by atoms with Crippen LogP contribution in [-0.4, -0.2) is 25.3 Å². The van der Waals surface area contributed by atoms with E-state index in [1.807, 2.05) is 12.1 Å². The minimum atomic E-state index is -3.33. The molecule has 3 rings (SSSR count). The van der Waals surface area contributed by atoms with Crippen LogP contribution < -0.4 is 5.32 Å². The van der Waals surface area contributed by atoms with E-state index < -0.39 is 21.1 Å². The van der Waals surface area contributed by atoms with E-state index in [0.717, 1.165) is 31.2 Å². The Bertz CT molecular complexity index is 659. The van der Waals surface area contributed by atoms with Gasteiger partial charge in [0, 0.05) is 5.02 Å². The van der Waals surface area contributed by atoms with Crippen molar-refractivity contribution < 1.29 is 13.2 Å². The summed E-state index contributed by atoms with van der Waals surface area (Å²) < 4.78 is 24.5. The molecule has 0 radical (unpaired) electrons. The van der Waals surface area contributed by atoms with E-state index in [0.29, 0.717) is 17.9 Å². The van der Waals surface area contributed by atoms with Crippen LogP contribution in [0.1, 0.15) is 44.1 Å². The SMILES string of the molecule is O=C(CS(=O)(=O)C1CCCC1)NC1(c2ccc(Cl)cc2)CC1. The molecule has 1 amide bonds. The first-order chi connectivity index (χ1) is 10.4.